The van der Waals surface area contributed by atoms with Crippen LogP contribution in [0.2, 0.25) is 5.02 Å². The molecule has 4 aromatic rings. The highest BCUT2D eigenvalue weighted by molar-refractivity contribution is 6.30. The average molecular weight is 594 g/mol. The number of hydrogen-bond donors (Lipinski definition) is 2. The summed E-state index contributed by atoms with van der Waals surface area (Å²) in [4.78, 5) is 36.0. The highest BCUT2D eigenvalue weighted by atomic mass is 35.5. The number of aromatic nitrogens is 2. The first kappa shape index (κ1) is 28.2. The van der Waals surface area contributed by atoms with Gasteiger partial charge in [0.25, 0.3) is 11.5 Å². The molecule has 1 aliphatic carbocycles. The van der Waals surface area contributed by atoms with E-state index < -0.39 is 23.8 Å². The summed E-state index contributed by atoms with van der Waals surface area (Å²) in [6, 6.07) is 18.7. The fourth-order valence-electron chi connectivity index (χ4n) is 5.69. The molecule has 2 N–H and O–H groups in total. The molecule has 2 aliphatic rings. The van der Waals surface area contributed by atoms with Crippen LogP contribution in [0.5, 0.6) is 0 Å². The Morgan fingerprint density at radius 1 is 1.02 bits per heavy atom. The summed E-state index contributed by atoms with van der Waals surface area (Å²) in [5, 5.41) is 11.6. The highest BCUT2D eigenvalue weighted by Gasteiger charge is 2.49. The molecule has 0 saturated heterocycles. The van der Waals surface area contributed by atoms with Crippen molar-refractivity contribution in [2.24, 2.45) is 0 Å². The molecule has 2 heterocycles. The Kier molecular flexibility index (Phi) is 7.19. The van der Waals surface area contributed by atoms with Crippen molar-refractivity contribution >= 4 is 17.5 Å². The molecule has 1 aromatic heterocycles. The van der Waals surface area contributed by atoms with E-state index in [-0.39, 0.29) is 23.1 Å². The van der Waals surface area contributed by atoms with Crippen molar-refractivity contribution < 1.29 is 23.1 Å². The molecule has 1 aliphatic heterocycles. The van der Waals surface area contributed by atoms with Crippen molar-refractivity contribution in [3.05, 3.63) is 122 Å². The summed E-state index contributed by atoms with van der Waals surface area (Å²) < 4.78 is 39.7. The third kappa shape index (κ3) is 5.34. The van der Waals surface area contributed by atoms with E-state index in [1.165, 1.54) is 17.0 Å². The van der Waals surface area contributed by atoms with Gasteiger partial charge in [-0.15, -0.1) is 0 Å². The fourth-order valence-corrected chi connectivity index (χ4v) is 5.88. The van der Waals surface area contributed by atoms with E-state index >= 15 is 0 Å². The lowest BCUT2D eigenvalue weighted by Crippen LogP contribution is -2.36. The SMILES string of the molecule is O=C(C(O)c1cccc(-c2cccc(C(F)(F)F)c2)c1)N1CCCc2nc(C3(c4cccc(Cl)c4)CC3)[nH]c(=O)c2C1. The van der Waals surface area contributed by atoms with Gasteiger partial charge < -0.3 is 15.0 Å². The maximum Gasteiger partial charge on any atom is 0.416 e. The lowest BCUT2D eigenvalue weighted by Gasteiger charge is -2.24. The average Bonchev–Trinajstić information content (AvgIpc) is 3.81. The molecule has 3 aromatic carbocycles. The second-order valence-corrected chi connectivity index (χ2v) is 11.3. The number of aryl methyl sites for hydroxylation is 1. The molecule has 0 bridgehead atoms. The number of nitrogens with one attached hydrogen (secondary N) is 1. The number of fused-ring (bicyclic) bond motifs is 1. The standard InChI is InChI=1S/C32H27ClF3N3O3/c33-24-10-3-8-22(17-24)31(12-13-31)30-37-26-11-4-14-39(18-25(26)28(41)38-30)29(42)27(40)21-7-1-5-19(15-21)20-6-2-9-23(16-20)32(34,35)36/h1-3,5-10,15-17,27,40H,4,11-14,18H2,(H,37,38,41). The molecule has 0 radical (unpaired) electrons. The van der Waals surface area contributed by atoms with Crippen LogP contribution in [-0.4, -0.2) is 32.4 Å². The van der Waals surface area contributed by atoms with Gasteiger partial charge in [0.2, 0.25) is 0 Å². The van der Waals surface area contributed by atoms with Gasteiger partial charge in [-0.3, -0.25) is 9.59 Å². The number of H-pyrrole nitrogens is 1. The number of amides is 1. The van der Waals surface area contributed by atoms with Gasteiger partial charge in [-0.25, -0.2) is 4.98 Å². The van der Waals surface area contributed by atoms with Crippen LogP contribution in [0.1, 0.15) is 59.1 Å². The van der Waals surface area contributed by atoms with Gasteiger partial charge in [0.05, 0.1) is 28.8 Å². The maximum atomic E-state index is 13.4. The van der Waals surface area contributed by atoms with Gasteiger partial charge in [0.15, 0.2) is 6.10 Å². The van der Waals surface area contributed by atoms with E-state index in [9.17, 15) is 27.9 Å². The predicted octanol–water partition coefficient (Wildman–Crippen LogP) is 6.20. The number of halogens is 4. The number of carbonyl (C=O) groups is 1. The molecule has 10 heteroatoms. The minimum Gasteiger partial charge on any atom is -0.378 e. The first-order chi connectivity index (χ1) is 20.0. The molecule has 1 unspecified atom stereocenters. The summed E-state index contributed by atoms with van der Waals surface area (Å²) >= 11 is 6.22. The Bertz CT molecular complexity index is 1730. The number of benzene rings is 3. The van der Waals surface area contributed by atoms with Gasteiger partial charge in [-0.2, -0.15) is 13.2 Å². The van der Waals surface area contributed by atoms with Gasteiger partial charge in [-0.05, 0) is 78.3 Å². The van der Waals surface area contributed by atoms with Gasteiger partial charge in [-0.1, -0.05) is 54.1 Å². The van der Waals surface area contributed by atoms with E-state index in [1.807, 2.05) is 18.2 Å². The summed E-state index contributed by atoms with van der Waals surface area (Å²) in [7, 11) is 0. The lowest BCUT2D eigenvalue weighted by molar-refractivity contribution is -0.141. The predicted molar refractivity (Wildman–Crippen MR) is 152 cm³/mol. The number of aliphatic hydroxyl groups is 1. The quantitative estimate of drug-likeness (QED) is 0.289. The van der Waals surface area contributed by atoms with Crippen molar-refractivity contribution in [3.8, 4) is 11.1 Å². The van der Waals surface area contributed by atoms with Crippen LogP contribution in [0.4, 0.5) is 13.2 Å². The summed E-state index contributed by atoms with van der Waals surface area (Å²) in [5.41, 5.74) is 1.54. The molecular formula is C32H27ClF3N3O3. The second-order valence-electron chi connectivity index (χ2n) is 10.9. The van der Waals surface area contributed by atoms with Crippen LogP contribution in [0.25, 0.3) is 11.1 Å². The van der Waals surface area contributed by atoms with E-state index in [1.54, 1.807) is 30.3 Å². The Labute approximate surface area is 244 Å². The number of aromatic amines is 1. The van der Waals surface area contributed by atoms with Crippen LogP contribution >= 0.6 is 11.6 Å². The molecule has 6 nitrogen and oxygen atoms in total. The number of aliphatic hydroxyl groups excluding tert-OH is 1. The number of hydrogen-bond acceptors (Lipinski definition) is 4. The topological polar surface area (TPSA) is 86.3 Å². The molecule has 1 amide bonds. The molecular weight excluding hydrogens is 567 g/mol. The van der Waals surface area contributed by atoms with E-state index in [0.717, 1.165) is 30.5 Å². The maximum absolute atomic E-state index is 13.4. The smallest absolute Gasteiger partial charge is 0.378 e. The van der Waals surface area contributed by atoms with E-state index in [4.69, 9.17) is 16.6 Å². The zero-order chi connectivity index (χ0) is 29.6. The number of alkyl halides is 3. The minimum atomic E-state index is -4.49. The zero-order valence-corrected chi connectivity index (χ0v) is 23.2. The van der Waals surface area contributed by atoms with Gasteiger partial charge in [0.1, 0.15) is 5.82 Å². The number of rotatable bonds is 5. The Balaban J connectivity index is 1.24. The lowest BCUT2D eigenvalue weighted by atomic mass is 9.94. The van der Waals surface area contributed by atoms with Gasteiger partial charge in [0, 0.05) is 11.6 Å². The molecule has 1 atom stereocenters. The monoisotopic (exact) mass is 593 g/mol. The molecule has 1 fully saturated rings. The van der Waals surface area contributed by atoms with Crippen LogP contribution in [0.15, 0.2) is 77.6 Å². The zero-order valence-electron chi connectivity index (χ0n) is 22.4. The van der Waals surface area contributed by atoms with Gasteiger partial charge >= 0.3 is 6.18 Å². The molecule has 216 valence electrons. The van der Waals surface area contributed by atoms with Crippen molar-refractivity contribution in [2.75, 3.05) is 6.54 Å². The molecule has 6 rings (SSSR count). The van der Waals surface area contributed by atoms with Crippen molar-refractivity contribution in [2.45, 2.75) is 49.9 Å². The number of carbonyl (C=O) groups excluding carboxylic acids is 1. The third-order valence-electron chi connectivity index (χ3n) is 8.14. The Hall–Kier alpha value is -3.95. The normalized spacial score (nSPS) is 16.8. The summed E-state index contributed by atoms with van der Waals surface area (Å²) in [6.07, 6.45) is -3.31. The Morgan fingerprint density at radius 3 is 2.45 bits per heavy atom. The third-order valence-corrected chi connectivity index (χ3v) is 8.38. The van der Waals surface area contributed by atoms with Crippen LogP contribution in [-0.2, 0) is 29.4 Å². The molecule has 0 spiro atoms. The first-order valence-corrected chi connectivity index (χ1v) is 14.1. The van der Waals surface area contributed by atoms with Crippen molar-refractivity contribution in [1.29, 1.82) is 0 Å². The largest absolute Gasteiger partial charge is 0.416 e. The van der Waals surface area contributed by atoms with Crippen molar-refractivity contribution in [1.82, 2.24) is 14.9 Å². The second kappa shape index (κ2) is 10.7. The summed E-state index contributed by atoms with van der Waals surface area (Å²) in [5.74, 6) is 0.00449. The minimum absolute atomic E-state index is 0.00861. The van der Waals surface area contributed by atoms with E-state index in [0.29, 0.717) is 52.6 Å². The molecule has 1 saturated carbocycles. The summed E-state index contributed by atoms with van der Waals surface area (Å²) in [6.45, 7) is 0.305. The Morgan fingerprint density at radius 2 is 1.74 bits per heavy atom. The fraction of sp³-hybridized carbons (Fsp3) is 0.281. The van der Waals surface area contributed by atoms with E-state index in [2.05, 4.69) is 4.98 Å². The van der Waals surface area contributed by atoms with Crippen LogP contribution < -0.4 is 5.56 Å². The van der Waals surface area contributed by atoms with Crippen LogP contribution in [0.3, 0.4) is 0 Å². The van der Waals surface area contributed by atoms with Crippen LogP contribution in [0, 0.1) is 0 Å². The number of nitrogens with zero attached hydrogens (tertiary/aromatic N) is 2. The highest BCUT2D eigenvalue weighted by Crippen LogP contribution is 2.52. The van der Waals surface area contributed by atoms with Crippen molar-refractivity contribution in [3.63, 3.8) is 0 Å². The molecule has 42 heavy (non-hydrogen) atoms. The first-order valence-electron chi connectivity index (χ1n) is 13.7.